The minimum Gasteiger partial charge on any atom is -0.454 e. The monoisotopic (exact) mass is 393 g/mol. The van der Waals surface area contributed by atoms with Crippen LogP contribution in [-0.4, -0.2) is 28.4 Å². The molecule has 0 spiro atoms. The number of anilines is 1. The highest BCUT2D eigenvalue weighted by atomic mass is 32.1. The molecule has 0 aliphatic carbocycles. The fourth-order valence-electron chi connectivity index (χ4n) is 2.07. The van der Waals surface area contributed by atoms with E-state index >= 15 is 0 Å². The van der Waals surface area contributed by atoms with Crippen molar-refractivity contribution in [3.05, 3.63) is 39.7 Å². The number of amides is 1. The number of esters is 1. The van der Waals surface area contributed by atoms with E-state index in [2.05, 4.69) is 9.97 Å². The molecule has 25 heavy (non-hydrogen) atoms. The van der Waals surface area contributed by atoms with Crippen molar-refractivity contribution < 1.29 is 14.3 Å². The van der Waals surface area contributed by atoms with Crippen molar-refractivity contribution in [2.75, 3.05) is 11.4 Å². The van der Waals surface area contributed by atoms with Crippen LogP contribution in [0.5, 0.6) is 0 Å². The Kier molecular flexibility index (Phi) is 5.57. The van der Waals surface area contributed by atoms with Crippen LogP contribution in [0.25, 0.3) is 9.88 Å². The van der Waals surface area contributed by atoms with Gasteiger partial charge in [-0.2, -0.15) is 0 Å². The molecule has 9 heteroatoms. The summed E-state index contributed by atoms with van der Waals surface area (Å²) in [4.78, 5) is 34.9. The van der Waals surface area contributed by atoms with Gasteiger partial charge in [-0.1, -0.05) is 6.07 Å². The lowest BCUT2D eigenvalue weighted by Gasteiger charge is -2.14. The Labute approximate surface area is 156 Å². The van der Waals surface area contributed by atoms with E-state index in [0.717, 1.165) is 9.88 Å². The van der Waals surface area contributed by atoms with Gasteiger partial charge in [0.15, 0.2) is 10.8 Å². The molecule has 130 valence electrons. The van der Waals surface area contributed by atoms with Gasteiger partial charge < -0.3 is 4.74 Å². The summed E-state index contributed by atoms with van der Waals surface area (Å²) >= 11 is 4.34. The normalized spacial score (nSPS) is 10.6. The first kappa shape index (κ1) is 17.7. The van der Waals surface area contributed by atoms with Gasteiger partial charge in [-0.25, -0.2) is 14.8 Å². The van der Waals surface area contributed by atoms with E-state index in [1.165, 1.54) is 29.6 Å². The Balaban J connectivity index is 1.61. The minimum atomic E-state index is -0.479. The van der Waals surface area contributed by atoms with Gasteiger partial charge in [0.25, 0.3) is 0 Å². The van der Waals surface area contributed by atoms with Crippen LogP contribution in [-0.2, 0) is 16.1 Å². The lowest BCUT2D eigenvalue weighted by Crippen LogP contribution is -2.27. The summed E-state index contributed by atoms with van der Waals surface area (Å²) in [6, 6.07) is 3.91. The molecule has 0 saturated carbocycles. The van der Waals surface area contributed by atoms with Crippen molar-refractivity contribution in [1.29, 1.82) is 0 Å². The number of carbonyl (C=O) groups is 2. The summed E-state index contributed by atoms with van der Waals surface area (Å²) in [6.07, 6.45) is 0. The molecule has 0 fully saturated rings. The van der Waals surface area contributed by atoms with Gasteiger partial charge in [0, 0.05) is 24.2 Å². The Morgan fingerprint density at radius 1 is 1.20 bits per heavy atom. The predicted octanol–water partition coefficient (Wildman–Crippen LogP) is 4.06. The summed E-state index contributed by atoms with van der Waals surface area (Å²) in [7, 11) is 0. The molecule has 3 rings (SSSR count). The lowest BCUT2D eigenvalue weighted by molar-refractivity contribution is -0.116. The van der Waals surface area contributed by atoms with Crippen LogP contribution in [0.1, 0.15) is 30.0 Å². The first-order chi connectivity index (χ1) is 12.1. The number of nitrogens with zero attached hydrogens (tertiary/aromatic N) is 3. The summed E-state index contributed by atoms with van der Waals surface area (Å²) in [5.74, 6) is -0.545. The van der Waals surface area contributed by atoms with Gasteiger partial charge in [-0.05, 0) is 18.4 Å². The van der Waals surface area contributed by atoms with Crippen LogP contribution in [0, 0.1) is 0 Å². The van der Waals surface area contributed by atoms with Crippen LogP contribution in [0.4, 0.5) is 5.13 Å². The zero-order valence-electron chi connectivity index (χ0n) is 13.6. The summed E-state index contributed by atoms with van der Waals surface area (Å²) in [5, 5.41) is 6.85. The third kappa shape index (κ3) is 4.12. The van der Waals surface area contributed by atoms with Crippen molar-refractivity contribution in [1.82, 2.24) is 9.97 Å². The number of thiazole rings is 2. The molecule has 0 N–H and O–H groups in total. The molecule has 0 aliphatic heterocycles. The zero-order chi connectivity index (χ0) is 17.8. The maximum Gasteiger partial charge on any atom is 0.358 e. The average Bonchev–Trinajstić information content (AvgIpc) is 3.33. The smallest absolute Gasteiger partial charge is 0.358 e. The van der Waals surface area contributed by atoms with Gasteiger partial charge in [0.2, 0.25) is 5.91 Å². The molecule has 0 unspecified atom stereocenters. The number of ether oxygens (including phenoxy) is 1. The van der Waals surface area contributed by atoms with Crippen molar-refractivity contribution in [2.24, 2.45) is 0 Å². The van der Waals surface area contributed by atoms with Gasteiger partial charge in [-0.3, -0.25) is 9.69 Å². The van der Waals surface area contributed by atoms with Crippen LogP contribution < -0.4 is 4.90 Å². The largest absolute Gasteiger partial charge is 0.454 e. The molecule has 0 bridgehead atoms. The van der Waals surface area contributed by atoms with Crippen molar-refractivity contribution in [3.63, 3.8) is 0 Å². The standard InChI is InChI=1S/C16H15N3O3S3/c1-3-19(10(2)20)16-17-11(8-25-16)7-22-15(21)12-9-24-14(18-12)13-5-4-6-23-13/h4-6,8-9H,3,7H2,1-2H3. The molecule has 0 aliphatic rings. The van der Waals surface area contributed by atoms with Crippen molar-refractivity contribution in [2.45, 2.75) is 20.5 Å². The van der Waals surface area contributed by atoms with E-state index in [-0.39, 0.29) is 12.5 Å². The Hall–Kier alpha value is -2.10. The van der Waals surface area contributed by atoms with Crippen LogP contribution in [0.2, 0.25) is 0 Å². The van der Waals surface area contributed by atoms with Gasteiger partial charge >= 0.3 is 5.97 Å². The fourth-order valence-corrected chi connectivity index (χ4v) is 4.59. The van der Waals surface area contributed by atoms with E-state index in [0.29, 0.717) is 23.1 Å². The zero-order valence-corrected chi connectivity index (χ0v) is 16.0. The van der Waals surface area contributed by atoms with Gasteiger partial charge in [0.1, 0.15) is 11.6 Å². The Bertz CT molecular complexity index is 870. The van der Waals surface area contributed by atoms with E-state index in [4.69, 9.17) is 4.74 Å². The molecular formula is C16H15N3O3S3. The molecule has 3 aromatic heterocycles. The molecule has 3 aromatic rings. The minimum absolute atomic E-state index is 0.0522. The number of rotatable bonds is 6. The second-order valence-corrected chi connectivity index (χ2v) is 7.62. The van der Waals surface area contributed by atoms with E-state index < -0.39 is 5.97 Å². The predicted molar refractivity (Wildman–Crippen MR) is 100 cm³/mol. The summed E-state index contributed by atoms with van der Waals surface area (Å²) < 4.78 is 5.28. The molecule has 1 amide bonds. The molecule has 0 atom stereocenters. The number of hydrogen-bond donors (Lipinski definition) is 0. The highest BCUT2D eigenvalue weighted by Crippen LogP contribution is 2.28. The SMILES string of the molecule is CCN(C(C)=O)c1nc(COC(=O)c2csc(-c3cccs3)n2)cs1. The van der Waals surface area contributed by atoms with Crippen molar-refractivity contribution >= 4 is 51.0 Å². The maximum atomic E-state index is 12.1. The molecule has 0 aromatic carbocycles. The van der Waals surface area contributed by atoms with Gasteiger partial charge in [0.05, 0.1) is 10.6 Å². The highest BCUT2D eigenvalue weighted by Gasteiger charge is 2.16. The van der Waals surface area contributed by atoms with E-state index in [1.807, 2.05) is 24.4 Å². The molecule has 6 nitrogen and oxygen atoms in total. The van der Waals surface area contributed by atoms with E-state index in [1.54, 1.807) is 27.0 Å². The average molecular weight is 394 g/mol. The molecule has 0 saturated heterocycles. The maximum absolute atomic E-state index is 12.1. The van der Waals surface area contributed by atoms with Gasteiger partial charge in [-0.15, -0.1) is 34.0 Å². The molecule has 3 heterocycles. The second-order valence-electron chi connectivity index (χ2n) is 4.98. The first-order valence-corrected chi connectivity index (χ1v) is 10.1. The molecular weight excluding hydrogens is 378 g/mol. The Morgan fingerprint density at radius 3 is 2.72 bits per heavy atom. The van der Waals surface area contributed by atoms with E-state index in [9.17, 15) is 9.59 Å². The summed E-state index contributed by atoms with van der Waals surface area (Å²) in [5.41, 5.74) is 0.907. The topological polar surface area (TPSA) is 72.4 Å². The van der Waals surface area contributed by atoms with Crippen LogP contribution in [0.3, 0.4) is 0 Å². The second kappa shape index (κ2) is 7.85. The highest BCUT2D eigenvalue weighted by molar-refractivity contribution is 7.20. The van der Waals surface area contributed by atoms with Crippen LogP contribution >= 0.6 is 34.0 Å². The quantitative estimate of drug-likeness (QED) is 0.591. The third-order valence-electron chi connectivity index (χ3n) is 3.26. The molecule has 0 radical (unpaired) electrons. The summed E-state index contributed by atoms with van der Waals surface area (Å²) in [6.45, 7) is 3.98. The van der Waals surface area contributed by atoms with Crippen molar-refractivity contribution in [3.8, 4) is 9.88 Å². The number of carbonyl (C=O) groups excluding carboxylic acids is 2. The lowest BCUT2D eigenvalue weighted by atomic mass is 10.4. The number of thiophene rings is 1. The number of aromatic nitrogens is 2. The Morgan fingerprint density at radius 2 is 2.04 bits per heavy atom. The third-order valence-corrected chi connectivity index (χ3v) is 6.06. The number of hydrogen-bond acceptors (Lipinski definition) is 8. The fraction of sp³-hybridized carbons (Fsp3) is 0.250. The first-order valence-electron chi connectivity index (χ1n) is 7.47. The van der Waals surface area contributed by atoms with Crippen LogP contribution in [0.15, 0.2) is 28.3 Å².